The SMILES string of the molecule is CSc1ccc(C(C)Nc2cccc(Cl)c2Cl)cc1. The molecule has 0 aromatic heterocycles. The number of halogens is 2. The fourth-order valence-electron chi connectivity index (χ4n) is 1.82. The van der Waals surface area contributed by atoms with Gasteiger partial charge in [0.2, 0.25) is 0 Å². The average molecular weight is 312 g/mol. The summed E-state index contributed by atoms with van der Waals surface area (Å²) in [5.74, 6) is 0. The highest BCUT2D eigenvalue weighted by Crippen LogP contribution is 2.32. The van der Waals surface area contributed by atoms with E-state index in [4.69, 9.17) is 23.2 Å². The van der Waals surface area contributed by atoms with Crippen molar-refractivity contribution in [3.63, 3.8) is 0 Å². The van der Waals surface area contributed by atoms with Gasteiger partial charge in [-0.25, -0.2) is 0 Å². The van der Waals surface area contributed by atoms with Crippen LogP contribution in [0, 0.1) is 0 Å². The van der Waals surface area contributed by atoms with Gasteiger partial charge in [-0.05, 0) is 43.0 Å². The third-order valence-electron chi connectivity index (χ3n) is 2.94. The molecule has 0 aliphatic carbocycles. The molecule has 0 heterocycles. The highest BCUT2D eigenvalue weighted by molar-refractivity contribution is 7.98. The summed E-state index contributed by atoms with van der Waals surface area (Å²) in [7, 11) is 0. The first-order valence-electron chi connectivity index (χ1n) is 5.96. The highest BCUT2D eigenvalue weighted by atomic mass is 35.5. The van der Waals surface area contributed by atoms with Gasteiger partial charge < -0.3 is 5.32 Å². The predicted octanol–water partition coefficient (Wildman–Crippen LogP) is 5.89. The number of hydrogen-bond donors (Lipinski definition) is 1. The van der Waals surface area contributed by atoms with E-state index in [1.54, 1.807) is 17.8 Å². The van der Waals surface area contributed by atoms with Crippen LogP contribution in [0.4, 0.5) is 5.69 Å². The molecule has 0 saturated heterocycles. The van der Waals surface area contributed by atoms with Crippen molar-refractivity contribution in [3.8, 4) is 0 Å². The van der Waals surface area contributed by atoms with Crippen LogP contribution in [-0.4, -0.2) is 6.26 Å². The predicted molar refractivity (Wildman–Crippen MR) is 86.7 cm³/mol. The molecule has 0 aliphatic heterocycles. The van der Waals surface area contributed by atoms with Gasteiger partial charge in [0.15, 0.2) is 0 Å². The zero-order chi connectivity index (χ0) is 13.8. The standard InChI is InChI=1S/C15H15Cl2NS/c1-10(11-6-8-12(19-2)9-7-11)18-14-5-3-4-13(16)15(14)17/h3-10,18H,1-2H3. The first kappa shape index (κ1) is 14.6. The number of hydrogen-bond acceptors (Lipinski definition) is 2. The topological polar surface area (TPSA) is 12.0 Å². The zero-order valence-electron chi connectivity index (χ0n) is 10.8. The lowest BCUT2D eigenvalue weighted by atomic mass is 10.1. The van der Waals surface area contributed by atoms with Crippen molar-refractivity contribution in [2.45, 2.75) is 17.9 Å². The zero-order valence-corrected chi connectivity index (χ0v) is 13.1. The van der Waals surface area contributed by atoms with Crippen LogP contribution in [0.5, 0.6) is 0 Å². The second-order valence-electron chi connectivity index (χ2n) is 4.24. The van der Waals surface area contributed by atoms with E-state index in [0.717, 1.165) is 5.69 Å². The molecule has 0 amide bonds. The van der Waals surface area contributed by atoms with Gasteiger partial charge in [0.05, 0.1) is 15.7 Å². The second-order valence-corrected chi connectivity index (χ2v) is 5.91. The van der Waals surface area contributed by atoms with Crippen molar-refractivity contribution in [2.24, 2.45) is 0 Å². The molecule has 0 spiro atoms. The van der Waals surface area contributed by atoms with Crippen molar-refractivity contribution in [3.05, 3.63) is 58.1 Å². The summed E-state index contributed by atoms with van der Waals surface area (Å²) >= 11 is 13.9. The monoisotopic (exact) mass is 311 g/mol. The van der Waals surface area contributed by atoms with Crippen molar-refractivity contribution in [1.82, 2.24) is 0 Å². The van der Waals surface area contributed by atoms with E-state index < -0.39 is 0 Å². The Balaban J connectivity index is 2.15. The lowest BCUT2D eigenvalue weighted by Crippen LogP contribution is -2.06. The van der Waals surface area contributed by atoms with Crippen LogP contribution in [0.15, 0.2) is 47.4 Å². The summed E-state index contributed by atoms with van der Waals surface area (Å²) < 4.78 is 0. The molecule has 1 unspecified atom stereocenters. The van der Waals surface area contributed by atoms with Gasteiger partial charge >= 0.3 is 0 Å². The Morgan fingerprint density at radius 2 is 1.74 bits per heavy atom. The Bertz CT molecular complexity index is 555. The Hall–Kier alpha value is -0.830. The van der Waals surface area contributed by atoms with E-state index in [9.17, 15) is 0 Å². The molecule has 0 aliphatic rings. The van der Waals surface area contributed by atoms with Crippen molar-refractivity contribution in [1.29, 1.82) is 0 Å². The van der Waals surface area contributed by atoms with Gasteiger partial charge in [-0.3, -0.25) is 0 Å². The third kappa shape index (κ3) is 3.59. The highest BCUT2D eigenvalue weighted by Gasteiger charge is 2.09. The maximum atomic E-state index is 6.17. The lowest BCUT2D eigenvalue weighted by Gasteiger charge is -2.17. The largest absolute Gasteiger partial charge is 0.377 e. The molecule has 1 atom stereocenters. The van der Waals surface area contributed by atoms with Crippen LogP contribution in [-0.2, 0) is 0 Å². The van der Waals surface area contributed by atoms with Gasteiger partial charge in [-0.1, -0.05) is 41.4 Å². The molecule has 2 rings (SSSR count). The summed E-state index contributed by atoms with van der Waals surface area (Å²) in [6, 6.07) is 14.3. The minimum Gasteiger partial charge on any atom is -0.377 e. The van der Waals surface area contributed by atoms with Crippen LogP contribution in [0.25, 0.3) is 0 Å². The van der Waals surface area contributed by atoms with E-state index >= 15 is 0 Å². The summed E-state index contributed by atoms with van der Waals surface area (Å²) in [5, 5.41) is 4.51. The van der Waals surface area contributed by atoms with Crippen LogP contribution < -0.4 is 5.32 Å². The summed E-state index contributed by atoms with van der Waals surface area (Å²) in [6.07, 6.45) is 2.07. The van der Waals surface area contributed by atoms with Crippen molar-refractivity contribution in [2.75, 3.05) is 11.6 Å². The number of nitrogens with one attached hydrogen (secondary N) is 1. The van der Waals surface area contributed by atoms with Gasteiger partial charge in [-0.2, -0.15) is 0 Å². The lowest BCUT2D eigenvalue weighted by molar-refractivity contribution is 0.883. The van der Waals surface area contributed by atoms with Crippen LogP contribution in [0.1, 0.15) is 18.5 Å². The fourth-order valence-corrected chi connectivity index (χ4v) is 2.59. The Kier molecular flexibility index (Phi) is 5.03. The quantitative estimate of drug-likeness (QED) is 0.707. The van der Waals surface area contributed by atoms with Crippen LogP contribution >= 0.6 is 35.0 Å². The van der Waals surface area contributed by atoms with Gasteiger partial charge in [0.1, 0.15) is 0 Å². The maximum Gasteiger partial charge on any atom is 0.0823 e. The average Bonchev–Trinajstić information content (AvgIpc) is 2.44. The molecule has 0 fully saturated rings. The second kappa shape index (κ2) is 6.56. The van der Waals surface area contributed by atoms with Gasteiger partial charge in [0.25, 0.3) is 0 Å². The molecule has 0 bridgehead atoms. The Labute approximate surface area is 128 Å². The molecule has 1 nitrogen and oxygen atoms in total. The molecular weight excluding hydrogens is 297 g/mol. The summed E-state index contributed by atoms with van der Waals surface area (Å²) in [4.78, 5) is 1.26. The van der Waals surface area contributed by atoms with E-state index in [1.165, 1.54) is 10.5 Å². The Morgan fingerprint density at radius 1 is 1.05 bits per heavy atom. The molecule has 2 aromatic rings. The molecule has 0 saturated carbocycles. The maximum absolute atomic E-state index is 6.17. The van der Waals surface area contributed by atoms with Crippen LogP contribution in [0.3, 0.4) is 0 Å². The normalized spacial score (nSPS) is 12.2. The first-order valence-corrected chi connectivity index (χ1v) is 7.94. The van der Waals surface area contributed by atoms with Gasteiger partial charge in [-0.15, -0.1) is 11.8 Å². The van der Waals surface area contributed by atoms with Crippen molar-refractivity contribution >= 4 is 40.7 Å². The fraction of sp³-hybridized carbons (Fsp3) is 0.200. The van der Waals surface area contributed by atoms with E-state index in [1.807, 2.05) is 12.1 Å². The molecule has 100 valence electrons. The third-order valence-corrected chi connectivity index (χ3v) is 4.50. The smallest absolute Gasteiger partial charge is 0.0823 e. The van der Waals surface area contributed by atoms with Gasteiger partial charge in [0, 0.05) is 10.9 Å². The number of anilines is 1. The number of rotatable bonds is 4. The number of thioether (sulfide) groups is 1. The summed E-state index contributed by atoms with van der Waals surface area (Å²) in [5.41, 5.74) is 2.07. The molecule has 0 radical (unpaired) electrons. The van der Waals surface area contributed by atoms with E-state index in [2.05, 4.69) is 42.8 Å². The molecule has 4 heteroatoms. The minimum absolute atomic E-state index is 0.173. The Morgan fingerprint density at radius 3 is 2.37 bits per heavy atom. The molecule has 2 aromatic carbocycles. The minimum atomic E-state index is 0.173. The molecular formula is C15H15Cl2NS. The van der Waals surface area contributed by atoms with Crippen molar-refractivity contribution < 1.29 is 0 Å². The first-order chi connectivity index (χ1) is 9.11. The van der Waals surface area contributed by atoms with Crippen LogP contribution in [0.2, 0.25) is 10.0 Å². The molecule has 1 N–H and O–H groups in total. The summed E-state index contributed by atoms with van der Waals surface area (Å²) in [6.45, 7) is 2.10. The van der Waals surface area contributed by atoms with E-state index in [0.29, 0.717) is 10.0 Å². The number of benzene rings is 2. The van der Waals surface area contributed by atoms with E-state index in [-0.39, 0.29) is 6.04 Å². The molecule has 19 heavy (non-hydrogen) atoms.